The van der Waals surface area contributed by atoms with E-state index >= 15 is 0 Å². The van der Waals surface area contributed by atoms with Crippen molar-refractivity contribution in [1.82, 2.24) is 15.5 Å². The molecule has 0 bridgehead atoms. The van der Waals surface area contributed by atoms with Crippen molar-refractivity contribution in [2.24, 2.45) is 0 Å². The second-order valence-corrected chi connectivity index (χ2v) is 4.91. The maximum absolute atomic E-state index is 12.1. The van der Waals surface area contributed by atoms with Gasteiger partial charge in [0.05, 0.1) is 24.4 Å². The van der Waals surface area contributed by atoms with Crippen molar-refractivity contribution < 1.29 is 9.21 Å². The maximum Gasteiger partial charge on any atom is 0.263 e. The molecule has 3 aromatic heterocycles. The zero-order valence-electron chi connectivity index (χ0n) is 9.79. The van der Waals surface area contributed by atoms with Gasteiger partial charge in [0.1, 0.15) is 9.71 Å². The van der Waals surface area contributed by atoms with Crippen LogP contribution in [0.3, 0.4) is 0 Å². The van der Waals surface area contributed by atoms with Gasteiger partial charge in [0.25, 0.3) is 5.91 Å². The van der Waals surface area contributed by atoms with Gasteiger partial charge in [0.15, 0.2) is 0 Å². The summed E-state index contributed by atoms with van der Waals surface area (Å²) in [6.07, 6.45) is 4.70. The van der Waals surface area contributed by atoms with E-state index in [9.17, 15) is 4.79 Å². The monoisotopic (exact) mass is 274 g/mol. The SMILES string of the molecule is Nc1c(C(=O)NCc2ccoc2)sc2nnccc12. The van der Waals surface area contributed by atoms with E-state index < -0.39 is 0 Å². The molecule has 0 saturated carbocycles. The van der Waals surface area contributed by atoms with E-state index in [4.69, 9.17) is 10.2 Å². The fraction of sp³-hybridized carbons (Fsp3) is 0.0833. The molecule has 0 unspecified atom stereocenters. The summed E-state index contributed by atoms with van der Waals surface area (Å²) in [6.45, 7) is 0.398. The molecule has 96 valence electrons. The number of fused-ring (bicyclic) bond motifs is 1. The predicted molar refractivity (Wildman–Crippen MR) is 71.7 cm³/mol. The topological polar surface area (TPSA) is 94.0 Å². The summed E-state index contributed by atoms with van der Waals surface area (Å²) in [5.74, 6) is -0.221. The molecule has 0 saturated heterocycles. The molecule has 1 amide bonds. The van der Waals surface area contributed by atoms with Gasteiger partial charge in [-0.15, -0.1) is 16.4 Å². The number of carbonyl (C=O) groups is 1. The molecule has 3 aromatic rings. The lowest BCUT2D eigenvalue weighted by atomic mass is 10.2. The molecule has 0 aliphatic rings. The van der Waals surface area contributed by atoms with E-state index in [0.29, 0.717) is 21.9 Å². The zero-order chi connectivity index (χ0) is 13.2. The molecule has 0 atom stereocenters. The molecule has 3 rings (SSSR count). The van der Waals surface area contributed by atoms with Crippen molar-refractivity contribution in [2.45, 2.75) is 6.54 Å². The smallest absolute Gasteiger partial charge is 0.263 e. The number of hydrogen-bond acceptors (Lipinski definition) is 6. The highest BCUT2D eigenvalue weighted by Crippen LogP contribution is 2.31. The number of anilines is 1. The van der Waals surface area contributed by atoms with Crippen LogP contribution in [0.5, 0.6) is 0 Å². The first-order valence-electron chi connectivity index (χ1n) is 5.54. The van der Waals surface area contributed by atoms with Crippen LogP contribution in [-0.2, 0) is 6.54 Å². The first-order valence-corrected chi connectivity index (χ1v) is 6.36. The average Bonchev–Trinajstić information content (AvgIpc) is 3.05. The Kier molecular flexibility index (Phi) is 2.88. The van der Waals surface area contributed by atoms with Crippen LogP contribution in [-0.4, -0.2) is 16.1 Å². The molecule has 0 aliphatic carbocycles. The second-order valence-electron chi connectivity index (χ2n) is 3.91. The fourth-order valence-electron chi connectivity index (χ4n) is 1.70. The number of nitrogens with zero attached hydrogens (tertiary/aromatic N) is 2. The third kappa shape index (κ3) is 2.15. The highest BCUT2D eigenvalue weighted by atomic mass is 32.1. The van der Waals surface area contributed by atoms with Gasteiger partial charge >= 0.3 is 0 Å². The Bertz CT molecular complexity index is 720. The van der Waals surface area contributed by atoms with Gasteiger partial charge in [-0.1, -0.05) is 0 Å². The molecule has 3 heterocycles. The third-order valence-electron chi connectivity index (χ3n) is 2.66. The van der Waals surface area contributed by atoms with E-state index in [0.717, 1.165) is 10.9 Å². The van der Waals surface area contributed by atoms with E-state index in [1.165, 1.54) is 11.3 Å². The van der Waals surface area contributed by atoms with Gasteiger partial charge in [-0.05, 0) is 12.1 Å². The van der Waals surface area contributed by atoms with Crippen LogP contribution in [0.2, 0.25) is 0 Å². The number of carbonyl (C=O) groups excluding carboxylic acids is 1. The first-order chi connectivity index (χ1) is 9.25. The number of thiophene rings is 1. The number of rotatable bonds is 3. The van der Waals surface area contributed by atoms with Crippen LogP contribution in [0.25, 0.3) is 10.2 Å². The Hall–Kier alpha value is -2.41. The lowest BCUT2D eigenvalue weighted by molar-refractivity contribution is 0.0956. The molecule has 6 nitrogen and oxygen atoms in total. The minimum absolute atomic E-state index is 0.221. The van der Waals surface area contributed by atoms with E-state index in [2.05, 4.69) is 15.5 Å². The normalized spacial score (nSPS) is 10.7. The lowest BCUT2D eigenvalue weighted by Crippen LogP contribution is -2.22. The number of aromatic nitrogens is 2. The van der Waals surface area contributed by atoms with Crippen molar-refractivity contribution in [3.63, 3.8) is 0 Å². The van der Waals surface area contributed by atoms with Crippen molar-refractivity contribution >= 4 is 33.1 Å². The first kappa shape index (κ1) is 11.7. The van der Waals surface area contributed by atoms with Crippen LogP contribution >= 0.6 is 11.3 Å². The van der Waals surface area contributed by atoms with Crippen LogP contribution in [0.1, 0.15) is 15.2 Å². The van der Waals surface area contributed by atoms with Gasteiger partial charge in [0.2, 0.25) is 0 Å². The molecular formula is C12H10N4O2S. The summed E-state index contributed by atoms with van der Waals surface area (Å²) in [6, 6.07) is 3.54. The van der Waals surface area contributed by atoms with E-state index in [1.54, 1.807) is 30.9 Å². The molecule has 0 radical (unpaired) electrons. The van der Waals surface area contributed by atoms with Crippen molar-refractivity contribution in [3.8, 4) is 0 Å². The number of amides is 1. The highest BCUT2D eigenvalue weighted by Gasteiger charge is 2.16. The molecule has 0 spiro atoms. The number of hydrogen-bond donors (Lipinski definition) is 2. The lowest BCUT2D eigenvalue weighted by Gasteiger charge is -2.01. The Morgan fingerprint density at radius 1 is 1.47 bits per heavy atom. The molecule has 0 aliphatic heterocycles. The van der Waals surface area contributed by atoms with Gasteiger partial charge in [-0.25, -0.2) is 0 Å². The summed E-state index contributed by atoms with van der Waals surface area (Å²) in [4.78, 5) is 13.2. The summed E-state index contributed by atoms with van der Waals surface area (Å²) in [7, 11) is 0. The molecule has 19 heavy (non-hydrogen) atoms. The summed E-state index contributed by atoms with van der Waals surface area (Å²) < 4.78 is 4.93. The van der Waals surface area contributed by atoms with E-state index in [-0.39, 0.29) is 5.91 Å². The highest BCUT2D eigenvalue weighted by molar-refractivity contribution is 7.21. The number of nitrogens with one attached hydrogen (secondary N) is 1. The maximum atomic E-state index is 12.1. The van der Waals surface area contributed by atoms with E-state index in [1.807, 2.05) is 0 Å². The quantitative estimate of drug-likeness (QED) is 0.759. The van der Waals surface area contributed by atoms with Crippen LogP contribution in [0, 0.1) is 0 Å². The Labute approximate surface area is 112 Å². The number of nitrogen functional groups attached to an aromatic ring is 1. The zero-order valence-corrected chi connectivity index (χ0v) is 10.6. The molecular weight excluding hydrogens is 264 g/mol. The second kappa shape index (κ2) is 4.69. The molecule has 0 fully saturated rings. The largest absolute Gasteiger partial charge is 0.472 e. The molecule has 0 aromatic carbocycles. The Morgan fingerprint density at radius 3 is 3.11 bits per heavy atom. The van der Waals surface area contributed by atoms with Crippen molar-refractivity contribution in [2.75, 3.05) is 5.73 Å². The predicted octanol–water partition coefficient (Wildman–Crippen LogP) is 1.80. The van der Waals surface area contributed by atoms with Gasteiger partial charge < -0.3 is 15.5 Å². The van der Waals surface area contributed by atoms with Crippen molar-refractivity contribution in [3.05, 3.63) is 41.3 Å². The van der Waals surface area contributed by atoms with Gasteiger partial charge in [0, 0.05) is 17.5 Å². The van der Waals surface area contributed by atoms with Gasteiger partial charge in [-0.3, -0.25) is 4.79 Å². The van der Waals surface area contributed by atoms with Crippen LogP contribution < -0.4 is 11.1 Å². The standard InChI is InChI=1S/C12H10N4O2S/c13-9-8-1-3-15-16-12(8)19-10(9)11(17)14-5-7-2-4-18-6-7/h1-4,6H,5,13H2,(H,14,17). The minimum atomic E-state index is -0.221. The number of furan rings is 1. The average molecular weight is 274 g/mol. The summed E-state index contributed by atoms with van der Waals surface area (Å²) in [5.41, 5.74) is 7.29. The minimum Gasteiger partial charge on any atom is -0.472 e. The molecule has 7 heteroatoms. The summed E-state index contributed by atoms with van der Waals surface area (Å²) >= 11 is 1.24. The number of nitrogens with two attached hydrogens (primary N) is 1. The molecule has 3 N–H and O–H groups in total. The van der Waals surface area contributed by atoms with Gasteiger partial charge in [-0.2, -0.15) is 5.10 Å². The van der Waals surface area contributed by atoms with Crippen LogP contribution in [0.4, 0.5) is 5.69 Å². The Balaban J connectivity index is 1.83. The Morgan fingerprint density at radius 2 is 2.37 bits per heavy atom. The third-order valence-corrected chi connectivity index (χ3v) is 3.76. The van der Waals surface area contributed by atoms with Crippen molar-refractivity contribution in [1.29, 1.82) is 0 Å². The summed E-state index contributed by atoms with van der Waals surface area (Å²) in [5, 5.41) is 11.3. The fourth-order valence-corrected chi connectivity index (χ4v) is 2.65. The van der Waals surface area contributed by atoms with Crippen LogP contribution in [0.15, 0.2) is 35.3 Å².